The van der Waals surface area contributed by atoms with E-state index in [4.69, 9.17) is 5.26 Å². The Balaban J connectivity index is 2.93. The molecule has 1 N–H and O–H groups in total. The van der Waals surface area contributed by atoms with Gasteiger partial charge in [0, 0.05) is 16.9 Å². The fraction of sp³-hybridized carbons (Fsp3) is 0.400. The number of rotatable bonds is 5. The molecule has 0 spiro atoms. The van der Waals surface area contributed by atoms with Gasteiger partial charge in [0.1, 0.15) is 10.9 Å². The molecule has 5 nitrogen and oxygen atoms in total. The molecule has 0 bridgehead atoms. The van der Waals surface area contributed by atoms with Crippen LogP contribution in [0.1, 0.15) is 19.8 Å². The topological polar surface area (TPSA) is 82.9 Å². The van der Waals surface area contributed by atoms with E-state index in [0.717, 1.165) is 6.42 Å². The molecule has 1 aromatic heterocycles. The molecular weight excluding hydrogens is 306 g/mol. The quantitative estimate of drug-likeness (QED) is 0.897. The number of nitrogens with one attached hydrogen (secondary N) is 1. The SMILES string of the molecule is CCCC(C#N)NS(=O)(=O)c1cncc(Br)c1. The zero-order valence-corrected chi connectivity index (χ0v) is 11.6. The maximum atomic E-state index is 11.9. The van der Waals surface area contributed by atoms with Crippen molar-refractivity contribution >= 4 is 26.0 Å². The maximum absolute atomic E-state index is 11.9. The number of nitrogens with zero attached hydrogens (tertiary/aromatic N) is 2. The maximum Gasteiger partial charge on any atom is 0.243 e. The van der Waals surface area contributed by atoms with E-state index in [9.17, 15) is 8.42 Å². The molecule has 1 unspecified atom stereocenters. The number of pyridine rings is 1. The van der Waals surface area contributed by atoms with Gasteiger partial charge < -0.3 is 0 Å². The van der Waals surface area contributed by atoms with E-state index in [1.807, 2.05) is 13.0 Å². The summed E-state index contributed by atoms with van der Waals surface area (Å²) in [5.74, 6) is 0. The predicted octanol–water partition coefficient (Wildman–Crippen LogP) is 1.81. The van der Waals surface area contributed by atoms with E-state index in [1.165, 1.54) is 18.5 Å². The van der Waals surface area contributed by atoms with Gasteiger partial charge in [0.15, 0.2) is 0 Å². The Morgan fingerprint density at radius 3 is 2.82 bits per heavy atom. The van der Waals surface area contributed by atoms with E-state index < -0.39 is 16.1 Å². The second kappa shape index (κ2) is 6.10. The van der Waals surface area contributed by atoms with Crippen LogP contribution < -0.4 is 4.72 Å². The Bertz CT molecular complexity index is 525. The van der Waals surface area contributed by atoms with Crippen molar-refractivity contribution in [2.75, 3.05) is 0 Å². The highest BCUT2D eigenvalue weighted by Crippen LogP contribution is 2.14. The number of aromatic nitrogens is 1. The lowest BCUT2D eigenvalue weighted by molar-refractivity contribution is 0.562. The molecule has 0 radical (unpaired) electrons. The summed E-state index contributed by atoms with van der Waals surface area (Å²) in [4.78, 5) is 3.83. The van der Waals surface area contributed by atoms with Crippen molar-refractivity contribution in [3.8, 4) is 6.07 Å². The molecule has 92 valence electrons. The molecule has 0 aromatic carbocycles. The smallest absolute Gasteiger partial charge is 0.243 e. The summed E-state index contributed by atoms with van der Waals surface area (Å²) in [7, 11) is -3.68. The molecule has 1 heterocycles. The first-order valence-electron chi connectivity index (χ1n) is 5.02. The summed E-state index contributed by atoms with van der Waals surface area (Å²) >= 11 is 3.15. The standard InChI is InChI=1S/C10H12BrN3O2S/c1-2-3-9(5-12)14-17(15,16)10-4-8(11)6-13-7-10/h4,6-7,9,14H,2-3H2,1H3. The van der Waals surface area contributed by atoms with Crippen LogP contribution in [0.25, 0.3) is 0 Å². The molecule has 0 aliphatic heterocycles. The summed E-state index contributed by atoms with van der Waals surface area (Å²) in [6.45, 7) is 1.89. The molecular formula is C10H12BrN3O2S. The van der Waals surface area contributed by atoms with Crippen molar-refractivity contribution in [1.82, 2.24) is 9.71 Å². The highest BCUT2D eigenvalue weighted by molar-refractivity contribution is 9.10. The van der Waals surface area contributed by atoms with Crippen LogP contribution in [0, 0.1) is 11.3 Å². The molecule has 0 saturated carbocycles. The third-order valence-corrected chi connectivity index (χ3v) is 3.89. The van der Waals surface area contributed by atoms with Crippen LogP contribution in [0.15, 0.2) is 27.8 Å². The van der Waals surface area contributed by atoms with Crippen LogP contribution in [0.2, 0.25) is 0 Å². The van der Waals surface area contributed by atoms with Gasteiger partial charge >= 0.3 is 0 Å². The first-order valence-corrected chi connectivity index (χ1v) is 7.29. The largest absolute Gasteiger partial charge is 0.262 e. The first-order chi connectivity index (χ1) is 7.99. The van der Waals surface area contributed by atoms with Crippen LogP contribution >= 0.6 is 15.9 Å². The highest BCUT2D eigenvalue weighted by Gasteiger charge is 2.19. The number of sulfonamides is 1. The van der Waals surface area contributed by atoms with Gasteiger partial charge in [-0.2, -0.15) is 9.98 Å². The predicted molar refractivity (Wildman–Crippen MR) is 66.6 cm³/mol. The Morgan fingerprint density at radius 2 is 2.29 bits per heavy atom. The third-order valence-electron chi connectivity index (χ3n) is 2.02. The summed E-state index contributed by atoms with van der Waals surface area (Å²) in [5.41, 5.74) is 0. The van der Waals surface area contributed by atoms with Crippen molar-refractivity contribution in [2.24, 2.45) is 0 Å². The minimum atomic E-state index is -3.68. The van der Waals surface area contributed by atoms with Gasteiger partial charge in [0.25, 0.3) is 0 Å². The third kappa shape index (κ3) is 4.07. The summed E-state index contributed by atoms with van der Waals surface area (Å²) in [6, 6.07) is 2.66. The molecule has 1 atom stereocenters. The van der Waals surface area contributed by atoms with Gasteiger partial charge in [0.05, 0.1) is 6.07 Å². The van der Waals surface area contributed by atoms with E-state index in [-0.39, 0.29) is 4.90 Å². The Labute approximate surface area is 109 Å². The van der Waals surface area contributed by atoms with Gasteiger partial charge in [-0.3, -0.25) is 4.98 Å². The van der Waals surface area contributed by atoms with E-state index >= 15 is 0 Å². The molecule has 1 rings (SSSR count). The average molecular weight is 318 g/mol. The second-order valence-corrected chi connectivity index (χ2v) is 6.06. The first kappa shape index (κ1) is 14.1. The molecule has 7 heteroatoms. The fourth-order valence-electron chi connectivity index (χ4n) is 1.23. The van der Waals surface area contributed by atoms with Gasteiger partial charge in [-0.25, -0.2) is 8.42 Å². The van der Waals surface area contributed by atoms with Crippen LogP contribution in [-0.4, -0.2) is 19.4 Å². The van der Waals surface area contributed by atoms with E-state index in [0.29, 0.717) is 10.9 Å². The van der Waals surface area contributed by atoms with Gasteiger partial charge in [-0.1, -0.05) is 13.3 Å². The monoisotopic (exact) mass is 317 g/mol. The van der Waals surface area contributed by atoms with Gasteiger partial charge in [-0.05, 0) is 28.4 Å². The summed E-state index contributed by atoms with van der Waals surface area (Å²) < 4.78 is 26.7. The van der Waals surface area contributed by atoms with Gasteiger partial charge in [-0.15, -0.1) is 0 Å². The van der Waals surface area contributed by atoms with Crippen molar-refractivity contribution < 1.29 is 8.42 Å². The van der Waals surface area contributed by atoms with E-state index in [1.54, 1.807) is 0 Å². The number of hydrogen-bond acceptors (Lipinski definition) is 4. The van der Waals surface area contributed by atoms with E-state index in [2.05, 4.69) is 25.6 Å². The Hall–Kier alpha value is -0.970. The van der Waals surface area contributed by atoms with Gasteiger partial charge in [0.2, 0.25) is 10.0 Å². The number of halogens is 1. The molecule has 17 heavy (non-hydrogen) atoms. The molecule has 0 fully saturated rings. The molecule has 0 saturated heterocycles. The van der Waals surface area contributed by atoms with Crippen LogP contribution in [0.5, 0.6) is 0 Å². The summed E-state index contributed by atoms with van der Waals surface area (Å²) in [5, 5.41) is 8.82. The van der Waals surface area contributed by atoms with Crippen LogP contribution in [-0.2, 0) is 10.0 Å². The lowest BCUT2D eigenvalue weighted by Gasteiger charge is -2.10. The van der Waals surface area contributed by atoms with Crippen LogP contribution in [0.4, 0.5) is 0 Å². The van der Waals surface area contributed by atoms with Crippen molar-refractivity contribution in [1.29, 1.82) is 5.26 Å². The minimum absolute atomic E-state index is 0.0447. The minimum Gasteiger partial charge on any atom is -0.262 e. The molecule has 0 aliphatic carbocycles. The lowest BCUT2D eigenvalue weighted by atomic mass is 10.2. The van der Waals surface area contributed by atoms with Crippen molar-refractivity contribution in [3.05, 3.63) is 22.9 Å². The molecule has 0 aliphatic rings. The number of hydrogen-bond donors (Lipinski definition) is 1. The van der Waals surface area contributed by atoms with Crippen molar-refractivity contribution in [2.45, 2.75) is 30.7 Å². The summed E-state index contributed by atoms with van der Waals surface area (Å²) in [6.07, 6.45) is 3.95. The Morgan fingerprint density at radius 1 is 1.59 bits per heavy atom. The normalized spacial score (nSPS) is 13.0. The van der Waals surface area contributed by atoms with Crippen molar-refractivity contribution in [3.63, 3.8) is 0 Å². The average Bonchev–Trinajstić information content (AvgIpc) is 2.28. The Kier molecular flexibility index (Phi) is 5.05. The fourth-order valence-corrected chi connectivity index (χ4v) is 2.91. The molecule has 1 aromatic rings. The second-order valence-electron chi connectivity index (χ2n) is 3.43. The zero-order chi connectivity index (χ0) is 12.9. The van der Waals surface area contributed by atoms with Crippen LogP contribution in [0.3, 0.4) is 0 Å². The zero-order valence-electron chi connectivity index (χ0n) is 9.22. The molecule has 0 amide bonds. The number of nitriles is 1. The highest BCUT2D eigenvalue weighted by atomic mass is 79.9. The lowest BCUT2D eigenvalue weighted by Crippen LogP contribution is -2.33.